The molecule has 0 radical (unpaired) electrons. The fourth-order valence-corrected chi connectivity index (χ4v) is 4.41. The van der Waals surface area contributed by atoms with Crippen LogP contribution in [0.1, 0.15) is 37.5 Å². The normalized spacial score (nSPS) is 17.8. The summed E-state index contributed by atoms with van der Waals surface area (Å²) in [5, 5.41) is 10.6. The summed E-state index contributed by atoms with van der Waals surface area (Å²) in [7, 11) is -1.67. The van der Waals surface area contributed by atoms with Gasteiger partial charge in [-0.3, -0.25) is 18.7 Å². The number of hydrogen-bond donors (Lipinski definition) is 4. The van der Waals surface area contributed by atoms with E-state index < -0.39 is 17.0 Å². The van der Waals surface area contributed by atoms with E-state index in [4.69, 9.17) is 4.74 Å². The van der Waals surface area contributed by atoms with Crippen LogP contribution in [0.3, 0.4) is 0 Å². The first-order valence-corrected chi connectivity index (χ1v) is 10.8. The predicted molar refractivity (Wildman–Crippen MR) is 109 cm³/mol. The molecule has 1 unspecified atom stereocenters. The Balaban J connectivity index is 1.69. The van der Waals surface area contributed by atoms with Crippen molar-refractivity contribution in [1.29, 1.82) is 0 Å². The number of aliphatic hydroxyl groups excluding tert-OH is 1. The Morgan fingerprint density at radius 1 is 1.00 bits per heavy atom. The van der Waals surface area contributed by atoms with E-state index in [9.17, 15) is 14.2 Å². The zero-order valence-electron chi connectivity index (χ0n) is 15.5. The van der Waals surface area contributed by atoms with E-state index in [0.717, 1.165) is 31.5 Å². The molecule has 2 aromatic rings. The van der Waals surface area contributed by atoms with E-state index >= 15 is 0 Å². The quantitative estimate of drug-likeness (QED) is 0.570. The van der Waals surface area contributed by atoms with Crippen molar-refractivity contribution in [2.24, 2.45) is 0 Å². The maximum Gasteiger partial charge on any atom is 0.133 e. The number of methoxy groups -OCH3 is 1. The topological polar surface area (TPSA) is 85.2 Å². The molecule has 27 heavy (non-hydrogen) atoms. The molecule has 6 nitrogen and oxygen atoms in total. The third-order valence-corrected chi connectivity index (χ3v) is 6.26. The summed E-state index contributed by atoms with van der Waals surface area (Å²) in [6.45, 7) is 1.80. The maximum absolute atomic E-state index is 10.6. The van der Waals surface area contributed by atoms with Crippen molar-refractivity contribution in [3.63, 3.8) is 0 Å². The summed E-state index contributed by atoms with van der Waals surface area (Å²) in [6.07, 6.45) is 4.02. The fourth-order valence-electron chi connectivity index (χ4n) is 3.28. The molecule has 7 heteroatoms. The second-order valence-electron chi connectivity index (χ2n) is 6.78. The second kappa shape index (κ2) is 8.95. The van der Waals surface area contributed by atoms with Crippen molar-refractivity contribution in [3.8, 4) is 5.75 Å². The molecule has 0 spiro atoms. The number of aliphatic hydroxyl groups is 1. The molecule has 0 aliphatic carbocycles. The van der Waals surface area contributed by atoms with Crippen LogP contribution in [0.4, 0.5) is 5.69 Å². The van der Waals surface area contributed by atoms with Crippen molar-refractivity contribution < 1.29 is 18.9 Å². The summed E-state index contributed by atoms with van der Waals surface area (Å²) in [6, 6.07) is 13.8. The van der Waals surface area contributed by atoms with Crippen LogP contribution in [0.2, 0.25) is 0 Å². The number of ether oxygens (including phenoxy) is 1. The van der Waals surface area contributed by atoms with Gasteiger partial charge in [0.1, 0.15) is 12.0 Å². The smallest absolute Gasteiger partial charge is 0.133 e. The van der Waals surface area contributed by atoms with E-state index in [1.807, 2.05) is 12.1 Å². The monoisotopic (exact) mass is 392 g/mol. The lowest BCUT2D eigenvalue weighted by molar-refractivity contribution is 0.00410. The maximum atomic E-state index is 10.6. The van der Waals surface area contributed by atoms with Crippen LogP contribution in [0, 0.1) is 0 Å². The number of rotatable bonds is 6. The lowest BCUT2D eigenvalue weighted by Crippen LogP contribution is -2.29. The number of nitrogens with zero attached hydrogens (tertiary/aromatic N) is 1. The Morgan fingerprint density at radius 3 is 2.30 bits per heavy atom. The van der Waals surface area contributed by atoms with Gasteiger partial charge in [-0.15, -0.1) is 0 Å². The minimum absolute atomic E-state index is 0.357. The molecule has 3 rings (SSSR count). The Bertz CT molecular complexity index is 731. The molecule has 0 aromatic heterocycles. The molecule has 0 saturated carbocycles. The Hall–Kier alpha value is -1.77. The molecule has 4 N–H and O–H groups in total. The first kappa shape index (κ1) is 20.0. The Labute approximate surface area is 162 Å². The highest BCUT2D eigenvalue weighted by atomic mass is 32.3. The van der Waals surface area contributed by atoms with Gasteiger partial charge in [0.2, 0.25) is 0 Å². The van der Waals surface area contributed by atoms with Crippen molar-refractivity contribution in [2.75, 3.05) is 24.9 Å². The molecule has 1 aliphatic rings. The van der Waals surface area contributed by atoms with Gasteiger partial charge < -0.3 is 9.84 Å². The molecular weight excluding hydrogens is 364 g/mol. The SMILES string of the molecule is COc1cccc(S(O)(O)Nc2ccc(C(O)N3CCCCCC3)cc2)c1. The molecule has 1 fully saturated rings. The van der Waals surface area contributed by atoms with Gasteiger partial charge in [0, 0.05) is 19.2 Å². The molecular formula is C20H28N2O4S. The summed E-state index contributed by atoms with van der Waals surface area (Å²) in [5.74, 6) is 0.560. The van der Waals surface area contributed by atoms with Crippen molar-refractivity contribution in [2.45, 2.75) is 36.8 Å². The van der Waals surface area contributed by atoms with Gasteiger partial charge in [-0.2, -0.15) is 0 Å². The first-order chi connectivity index (χ1) is 13.0. The van der Waals surface area contributed by atoms with Gasteiger partial charge in [-0.1, -0.05) is 41.8 Å². The molecule has 2 aromatic carbocycles. The highest BCUT2D eigenvalue weighted by Gasteiger charge is 2.20. The Kier molecular flexibility index (Phi) is 6.62. The number of hydrogen-bond acceptors (Lipinski definition) is 6. The minimum atomic E-state index is -3.21. The average Bonchev–Trinajstić information content (AvgIpc) is 2.97. The number of benzene rings is 2. The number of anilines is 1. The van der Waals surface area contributed by atoms with Crippen LogP contribution in [-0.4, -0.2) is 39.3 Å². The fraction of sp³-hybridized carbons (Fsp3) is 0.400. The van der Waals surface area contributed by atoms with Crippen LogP contribution in [-0.2, 0) is 0 Å². The lowest BCUT2D eigenvalue weighted by Gasteiger charge is -2.34. The third kappa shape index (κ3) is 5.15. The molecule has 1 atom stereocenters. The van der Waals surface area contributed by atoms with E-state index in [2.05, 4.69) is 9.62 Å². The van der Waals surface area contributed by atoms with Crippen molar-refractivity contribution in [1.82, 2.24) is 4.90 Å². The van der Waals surface area contributed by atoms with Crippen LogP contribution in [0.25, 0.3) is 0 Å². The van der Waals surface area contributed by atoms with Gasteiger partial charge in [0.25, 0.3) is 0 Å². The van der Waals surface area contributed by atoms with E-state index in [1.54, 1.807) is 36.4 Å². The van der Waals surface area contributed by atoms with Crippen LogP contribution < -0.4 is 9.46 Å². The second-order valence-corrected chi connectivity index (χ2v) is 8.55. The zero-order valence-corrected chi connectivity index (χ0v) is 16.4. The van der Waals surface area contributed by atoms with Gasteiger partial charge in [-0.25, -0.2) is 0 Å². The van der Waals surface area contributed by atoms with Crippen LogP contribution in [0.15, 0.2) is 53.4 Å². The van der Waals surface area contributed by atoms with Gasteiger partial charge in [0.15, 0.2) is 0 Å². The van der Waals surface area contributed by atoms with Gasteiger partial charge >= 0.3 is 0 Å². The zero-order chi connectivity index (χ0) is 19.3. The summed E-state index contributed by atoms with van der Waals surface area (Å²) in [5.41, 5.74) is 1.38. The predicted octanol–water partition coefficient (Wildman–Crippen LogP) is 4.70. The molecule has 1 aliphatic heterocycles. The standard InChI is InChI=1S/C20H28N2O4S/c1-26-18-7-6-8-19(15-18)27(24,25)21-17-11-9-16(10-12-17)20(23)22-13-4-2-3-5-14-22/h6-12,15,20-21,23-25H,2-5,13-14H2,1H3. The van der Waals surface area contributed by atoms with Crippen LogP contribution >= 0.6 is 10.8 Å². The third-order valence-electron chi connectivity index (χ3n) is 4.83. The largest absolute Gasteiger partial charge is 0.497 e. The molecule has 0 bridgehead atoms. The Morgan fingerprint density at radius 2 is 1.67 bits per heavy atom. The van der Waals surface area contributed by atoms with E-state index in [-0.39, 0.29) is 0 Å². The first-order valence-electron chi connectivity index (χ1n) is 9.22. The van der Waals surface area contributed by atoms with Crippen LogP contribution in [0.5, 0.6) is 5.75 Å². The molecule has 0 amide bonds. The summed E-state index contributed by atoms with van der Waals surface area (Å²) >= 11 is 0. The summed E-state index contributed by atoms with van der Waals surface area (Å²) in [4.78, 5) is 2.45. The minimum Gasteiger partial charge on any atom is -0.497 e. The van der Waals surface area contributed by atoms with Gasteiger partial charge in [0.05, 0.1) is 17.7 Å². The number of nitrogens with one attached hydrogen (secondary N) is 1. The van der Waals surface area contributed by atoms with Crippen molar-refractivity contribution >= 4 is 16.5 Å². The number of likely N-dealkylation sites (tertiary alicyclic amines) is 1. The average molecular weight is 393 g/mol. The lowest BCUT2D eigenvalue weighted by atomic mass is 10.1. The van der Waals surface area contributed by atoms with Crippen molar-refractivity contribution in [3.05, 3.63) is 54.1 Å². The van der Waals surface area contributed by atoms with E-state index in [0.29, 0.717) is 16.3 Å². The van der Waals surface area contributed by atoms with Gasteiger partial charge in [-0.05, 0) is 42.7 Å². The molecule has 148 valence electrons. The molecule has 1 saturated heterocycles. The highest BCUT2D eigenvalue weighted by Crippen LogP contribution is 2.48. The summed E-state index contributed by atoms with van der Waals surface area (Å²) < 4.78 is 28.9. The molecule has 1 heterocycles. The van der Waals surface area contributed by atoms with E-state index in [1.165, 1.54) is 20.0 Å². The highest BCUT2D eigenvalue weighted by molar-refractivity contribution is 8.25.